The van der Waals surface area contributed by atoms with E-state index in [9.17, 15) is 4.79 Å². The fraction of sp³-hybridized carbons (Fsp3) is 0.321. The lowest BCUT2D eigenvalue weighted by Crippen LogP contribution is -2.32. The second-order valence-corrected chi connectivity index (χ2v) is 8.18. The van der Waals surface area contributed by atoms with Crippen LogP contribution in [0.15, 0.2) is 60.7 Å². The molecule has 170 valence electrons. The first-order chi connectivity index (χ1) is 16.3. The highest BCUT2D eigenvalue weighted by Crippen LogP contribution is 2.34. The van der Waals surface area contributed by atoms with Crippen LogP contribution in [-0.4, -0.2) is 35.6 Å². The number of nitrogens with zero attached hydrogens (tertiary/aromatic N) is 3. The highest BCUT2D eigenvalue weighted by atomic mass is 16.5. The van der Waals surface area contributed by atoms with Crippen molar-refractivity contribution in [3.05, 3.63) is 79.2 Å². The molecule has 2 heterocycles. The molecule has 0 atom stereocenters. The largest absolute Gasteiger partial charge is 0.466 e. The molecule has 3 aromatic rings. The second-order valence-electron chi connectivity index (χ2n) is 8.18. The highest BCUT2D eigenvalue weighted by Gasteiger charge is 2.23. The van der Waals surface area contributed by atoms with Crippen LogP contribution in [0.4, 0.5) is 5.82 Å². The first-order valence-electron chi connectivity index (χ1n) is 11.9. The summed E-state index contributed by atoms with van der Waals surface area (Å²) in [6, 6.07) is 20.6. The summed E-state index contributed by atoms with van der Waals surface area (Å²) in [6.45, 7) is 4.06. The number of esters is 1. The van der Waals surface area contributed by atoms with Gasteiger partial charge in [-0.2, -0.15) is 0 Å². The molecule has 0 saturated carbocycles. The van der Waals surface area contributed by atoms with Gasteiger partial charge in [0.2, 0.25) is 0 Å². The van der Waals surface area contributed by atoms with Crippen LogP contribution in [0.5, 0.6) is 0 Å². The maximum absolute atomic E-state index is 11.5. The van der Waals surface area contributed by atoms with Crippen molar-refractivity contribution in [2.45, 2.75) is 39.0 Å². The Hall–Kier alpha value is -3.21. The Kier molecular flexibility index (Phi) is 8.07. The highest BCUT2D eigenvalue weighted by molar-refractivity contribution is 5.80. The number of carbonyl (C=O) groups is 1. The number of hydrogen-bond donors (Lipinski definition) is 0. The number of anilines is 1. The van der Waals surface area contributed by atoms with E-state index in [1.54, 1.807) is 0 Å². The van der Waals surface area contributed by atoms with Gasteiger partial charge in [-0.1, -0.05) is 73.5 Å². The smallest absolute Gasteiger partial charge is 0.305 e. The lowest BCUT2D eigenvalue weighted by atomic mass is 10.0. The Labute approximate surface area is 196 Å². The number of benzene rings is 2. The molecular formula is C28H31N3O2. The summed E-state index contributed by atoms with van der Waals surface area (Å²) >= 11 is 0. The number of unbranched alkanes of at least 4 members (excludes halogenated alkanes) is 3. The number of hydrogen-bond acceptors (Lipinski definition) is 5. The second kappa shape index (κ2) is 11.6. The van der Waals surface area contributed by atoms with Gasteiger partial charge in [-0.15, -0.1) is 0 Å². The Morgan fingerprint density at radius 2 is 1.52 bits per heavy atom. The summed E-state index contributed by atoms with van der Waals surface area (Å²) in [5.74, 6) is 0.855. The molecule has 1 aliphatic rings. The van der Waals surface area contributed by atoms with E-state index < -0.39 is 0 Å². The first-order valence-corrected chi connectivity index (χ1v) is 11.9. The molecule has 0 aliphatic carbocycles. The van der Waals surface area contributed by atoms with Gasteiger partial charge in [-0.25, -0.2) is 9.97 Å². The van der Waals surface area contributed by atoms with Crippen molar-refractivity contribution in [1.82, 2.24) is 9.97 Å². The minimum Gasteiger partial charge on any atom is -0.466 e. The van der Waals surface area contributed by atoms with Gasteiger partial charge in [0, 0.05) is 37.1 Å². The van der Waals surface area contributed by atoms with Crippen LogP contribution >= 0.6 is 0 Å². The first kappa shape index (κ1) is 23.0. The van der Waals surface area contributed by atoms with Gasteiger partial charge >= 0.3 is 5.97 Å². The minimum atomic E-state index is -0.0921. The van der Waals surface area contributed by atoms with Crippen LogP contribution in [0.1, 0.15) is 44.7 Å². The lowest BCUT2D eigenvalue weighted by molar-refractivity contribution is -0.143. The minimum absolute atomic E-state index is 0.0921. The van der Waals surface area contributed by atoms with Crippen LogP contribution in [0.2, 0.25) is 0 Å². The monoisotopic (exact) mass is 441 g/mol. The van der Waals surface area contributed by atoms with Crippen molar-refractivity contribution < 1.29 is 9.53 Å². The van der Waals surface area contributed by atoms with Gasteiger partial charge in [-0.3, -0.25) is 4.79 Å². The quantitative estimate of drug-likeness (QED) is 0.290. The number of rotatable bonds is 10. The van der Waals surface area contributed by atoms with Crippen molar-refractivity contribution in [2.24, 2.45) is 0 Å². The van der Waals surface area contributed by atoms with Crippen LogP contribution in [0, 0.1) is 12.8 Å². The van der Waals surface area contributed by atoms with Gasteiger partial charge in [0.15, 0.2) is 5.82 Å². The van der Waals surface area contributed by atoms with Gasteiger partial charge in [0.25, 0.3) is 0 Å². The van der Waals surface area contributed by atoms with Crippen LogP contribution < -0.4 is 4.90 Å². The number of fused-ring (bicyclic) bond motifs is 1. The normalized spacial score (nSPS) is 12.9. The van der Waals surface area contributed by atoms with Gasteiger partial charge in [0.05, 0.1) is 23.7 Å². The predicted molar refractivity (Wildman–Crippen MR) is 133 cm³/mol. The zero-order valence-electron chi connectivity index (χ0n) is 19.2. The molecule has 1 aliphatic heterocycles. The third kappa shape index (κ3) is 5.98. The molecule has 0 unspecified atom stereocenters. The summed E-state index contributed by atoms with van der Waals surface area (Å²) in [5, 5.41) is 0. The Balaban J connectivity index is 1.49. The van der Waals surface area contributed by atoms with E-state index in [-0.39, 0.29) is 5.97 Å². The molecule has 0 fully saturated rings. The summed E-state index contributed by atoms with van der Waals surface area (Å²) in [7, 11) is 0. The molecule has 0 saturated heterocycles. The van der Waals surface area contributed by atoms with Crippen molar-refractivity contribution in [3.8, 4) is 22.5 Å². The number of aromatic nitrogens is 2. The average molecular weight is 442 g/mol. The van der Waals surface area contributed by atoms with Crippen molar-refractivity contribution in [1.29, 1.82) is 0 Å². The van der Waals surface area contributed by atoms with E-state index in [2.05, 4.69) is 42.0 Å². The Morgan fingerprint density at radius 1 is 0.879 bits per heavy atom. The maximum atomic E-state index is 11.5. The maximum Gasteiger partial charge on any atom is 0.305 e. The van der Waals surface area contributed by atoms with E-state index in [0.717, 1.165) is 72.8 Å². The summed E-state index contributed by atoms with van der Waals surface area (Å²) in [6.07, 6.45) is 8.80. The Bertz CT molecular complexity index is 1040. The average Bonchev–Trinajstić information content (AvgIpc) is 2.86. The van der Waals surface area contributed by atoms with Crippen LogP contribution in [0.3, 0.4) is 0 Å². The van der Waals surface area contributed by atoms with E-state index in [1.165, 1.54) is 0 Å². The standard InChI is InChI=1S/C28H31N3O2/c1-2-33-25(32)19-11-3-4-12-20-31-21-13-18-24-28(31)30-27(23-16-9-6-10-17-23)26(29-24)22-14-7-5-8-15-22/h5-10,13-18H,2-4,11-12,19-21H2,1H3. The van der Waals surface area contributed by atoms with Gasteiger partial charge < -0.3 is 9.64 Å². The molecule has 5 nitrogen and oxygen atoms in total. The third-order valence-corrected chi connectivity index (χ3v) is 5.76. The lowest BCUT2D eigenvalue weighted by Gasteiger charge is -2.30. The molecular weight excluding hydrogens is 410 g/mol. The van der Waals surface area contributed by atoms with E-state index in [0.29, 0.717) is 13.0 Å². The third-order valence-electron chi connectivity index (χ3n) is 5.76. The summed E-state index contributed by atoms with van der Waals surface area (Å²) < 4.78 is 5.00. The number of ether oxygens (including phenoxy) is 1. The van der Waals surface area contributed by atoms with Gasteiger partial charge in [0.1, 0.15) is 0 Å². The molecule has 1 aromatic heterocycles. The van der Waals surface area contributed by atoms with E-state index in [1.807, 2.05) is 43.3 Å². The van der Waals surface area contributed by atoms with E-state index >= 15 is 0 Å². The molecule has 2 radical (unpaired) electrons. The van der Waals surface area contributed by atoms with Gasteiger partial charge in [-0.05, 0) is 26.2 Å². The van der Waals surface area contributed by atoms with Crippen molar-refractivity contribution >= 4 is 11.8 Å². The zero-order valence-corrected chi connectivity index (χ0v) is 19.2. The zero-order chi connectivity index (χ0) is 22.9. The summed E-state index contributed by atoms with van der Waals surface area (Å²) in [5.41, 5.74) is 4.88. The molecule has 4 rings (SSSR count). The van der Waals surface area contributed by atoms with Crippen molar-refractivity contribution in [2.75, 3.05) is 24.6 Å². The SMILES string of the molecule is CCOC(=O)CCCCCCN1C[CH][CH]c2nc(-c3ccccc3)c(-c3ccccc3)nc21. The Morgan fingerprint density at radius 3 is 2.18 bits per heavy atom. The molecule has 5 heteroatoms. The molecule has 33 heavy (non-hydrogen) atoms. The number of carbonyl (C=O) groups excluding carboxylic acids is 1. The fourth-order valence-corrected chi connectivity index (χ4v) is 4.11. The van der Waals surface area contributed by atoms with Crippen LogP contribution in [0.25, 0.3) is 22.5 Å². The topological polar surface area (TPSA) is 55.3 Å². The van der Waals surface area contributed by atoms with Crippen LogP contribution in [-0.2, 0) is 9.53 Å². The van der Waals surface area contributed by atoms with E-state index in [4.69, 9.17) is 14.7 Å². The molecule has 0 amide bonds. The molecule has 2 aromatic carbocycles. The summed E-state index contributed by atoms with van der Waals surface area (Å²) in [4.78, 5) is 24.0. The fourth-order valence-electron chi connectivity index (χ4n) is 4.11. The molecule has 0 spiro atoms. The predicted octanol–water partition coefficient (Wildman–Crippen LogP) is 5.90. The molecule has 0 bridgehead atoms. The van der Waals surface area contributed by atoms with Crippen molar-refractivity contribution in [3.63, 3.8) is 0 Å². The molecule has 0 N–H and O–H groups in total.